The molecule has 4 N–H and O–H groups in total. The van der Waals surface area contributed by atoms with Crippen LogP contribution in [0.4, 0.5) is 4.79 Å². The summed E-state index contributed by atoms with van der Waals surface area (Å²) in [6.07, 6.45) is -8.12. The number of benzene rings is 2. The van der Waals surface area contributed by atoms with E-state index in [0.717, 1.165) is 15.8 Å². The fourth-order valence-corrected chi connectivity index (χ4v) is 4.66. The van der Waals surface area contributed by atoms with Crippen LogP contribution in [0.25, 0.3) is 0 Å². The summed E-state index contributed by atoms with van der Waals surface area (Å²) in [6.45, 7) is 6.11. The zero-order valence-electron chi connectivity index (χ0n) is 25.0. The number of hydrogen-bond acceptors (Lipinski definition) is 12. The molecule has 1 fully saturated rings. The van der Waals surface area contributed by atoms with Crippen molar-refractivity contribution in [2.24, 2.45) is 0 Å². The maximum Gasteiger partial charge on any atom is 0.435 e. The van der Waals surface area contributed by atoms with E-state index in [1.165, 1.54) is 6.92 Å². The second-order valence-electron chi connectivity index (χ2n) is 10.7. The van der Waals surface area contributed by atoms with Crippen LogP contribution in [-0.4, -0.2) is 91.8 Å². The Morgan fingerprint density at radius 1 is 1.05 bits per heavy atom. The highest BCUT2D eigenvalue weighted by Gasteiger charge is 2.56. The van der Waals surface area contributed by atoms with Crippen molar-refractivity contribution in [2.75, 3.05) is 13.2 Å². The van der Waals surface area contributed by atoms with Crippen LogP contribution in [0.15, 0.2) is 54.6 Å². The summed E-state index contributed by atoms with van der Waals surface area (Å²) in [5, 5.41) is 47.0. The third-order valence-corrected chi connectivity index (χ3v) is 7.05. The van der Waals surface area contributed by atoms with E-state index < -0.39 is 48.9 Å². The van der Waals surface area contributed by atoms with Gasteiger partial charge in [-0.3, -0.25) is 0 Å². The molecule has 2 heterocycles. The van der Waals surface area contributed by atoms with Gasteiger partial charge in [0.2, 0.25) is 17.8 Å². The number of nitrogens with zero attached hydrogens (tertiary/aromatic N) is 2. The molecule has 1 aromatic heterocycles. The molecule has 1 saturated heterocycles. The highest BCUT2D eigenvalue weighted by atomic mass is 16.6. The molecule has 2 aromatic carbocycles. The molecule has 13 heteroatoms. The molecule has 1 aliphatic heterocycles. The van der Waals surface area contributed by atoms with Crippen LogP contribution in [0, 0.1) is 6.92 Å². The first-order valence-electron chi connectivity index (χ1n) is 14.2. The maximum atomic E-state index is 13.0. The molecule has 0 spiro atoms. The minimum atomic E-state index is -2.55. The molecule has 1 aliphatic rings. The highest BCUT2D eigenvalue weighted by Crippen LogP contribution is 2.31. The number of esters is 1. The maximum absolute atomic E-state index is 13.0. The summed E-state index contributed by atoms with van der Waals surface area (Å²) < 4.78 is 28.0. The van der Waals surface area contributed by atoms with Gasteiger partial charge in [-0.05, 0) is 51.0 Å². The lowest BCUT2D eigenvalue weighted by Crippen LogP contribution is -2.67. The van der Waals surface area contributed by atoms with Crippen molar-refractivity contribution >= 4 is 12.1 Å². The van der Waals surface area contributed by atoms with Gasteiger partial charge in [-0.25, -0.2) is 9.59 Å². The monoisotopic (exact) mass is 614 g/mol. The summed E-state index contributed by atoms with van der Waals surface area (Å²) in [7, 11) is 0. The number of aliphatic hydroxyl groups is 4. The van der Waals surface area contributed by atoms with Crippen LogP contribution in [0.5, 0.6) is 11.6 Å². The Morgan fingerprint density at radius 3 is 2.36 bits per heavy atom. The van der Waals surface area contributed by atoms with Gasteiger partial charge in [0.15, 0.2) is 0 Å². The van der Waals surface area contributed by atoms with E-state index in [1.807, 2.05) is 44.2 Å². The van der Waals surface area contributed by atoms with Crippen LogP contribution < -0.4 is 9.47 Å². The topological polar surface area (TPSA) is 179 Å². The molecule has 0 radical (unpaired) electrons. The zero-order chi connectivity index (χ0) is 32.0. The molecule has 5 atom stereocenters. The lowest BCUT2D eigenvalue weighted by molar-refractivity contribution is -0.272. The minimum absolute atomic E-state index is 0.00567. The van der Waals surface area contributed by atoms with Crippen LogP contribution >= 0.6 is 0 Å². The molecular formula is C31H38N2O11. The molecular weight excluding hydrogens is 576 g/mol. The average molecular weight is 615 g/mol. The summed E-state index contributed by atoms with van der Waals surface area (Å²) in [5.74, 6) is -0.668. The molecule has 0 amide bonds. The van der Waals surface area contributed by atoms with Gasteiger partial charge in [-0.15, -0.1) is 5.10 Å². The van der Waals surface area contributed by atoms with E-state index >= 15 is 0 Å². The van der Waals surface area contributed by atoms with Crippen LogP contribution in [-0.2, 0) is 32.0 Å². The fraction of sp³-hybridized carbons (Fsp3) is 0.452. The fourth-order valence-electron chi connectivity index (χ4n) is 4.66. The highest BCUT2D eigenvalue weighted by molar-refractivity contribution is 5.80. The predicted molar refractivity (Wildman–Crippen MR) is 154 cm³/mol. The Bertz CT molecular complexity index is 1410. The van der Waals surface area contributed by atoms with Crippen LogP contribution in [0.1, 0.15) is 43.2 Å². The summed E-state index contributed by atoms with van der Waals surface area (Å²) >= 11 is 0. The first-order valence-corrected chi connectivity index (χ1v) is 14.2. The molecule has 44 heavy (non-hydrogen) atoms. The minimum Gasteiger partial charge on any atom is -0.491 e. The van der Waals surface area contributed by atoms with Gasteiger partial charge in [0.05, 0.1) is 25.0 Å². The molecule has 0 bridgehead atoms. The number of hydrogen-bond donors (Lipinski definition) is 4. The van der Waals surface area contributed by atoms with E-state index in [1.54, 1.807) is 31.2 Å². The molecule has 1 unspecified atom stereocenters. The smallest absolute Gasteiger partial charge is 0.435 e. The lowest BCUT2D eigenvalue weighted by atomic mass is 9.87. The van der Waals surface area contributed by atoms with Gasteiger partial charge >= 0.3 is 12.1 Å². The molecule has 0 aliphatic carbocycles. The quantitative estimate of drug-likeness (QED) is 0.182. The van der Waals surface area contributed by atoms with Crippen molar-refractivity contribution in [1.29, 1.82) is 0 Å². The number of aliphatic hydroxyl groups excluding tert-OH is 3. The summed E-state index contributed by atoms with van der Waals surface area (Å²) in [4.78, 5) is 25.3. The van der Waals surface area contributed by atoms with Crippen molar-refractivity contribution < 1.29 is 53.7 Å². The van der Waals surface area contributed by atoms with Crippen LogP contribution in [0.2, 0.25) is 0 Å². The second-order valence-corrected chi connectivity index (χ2v) is 10.7. The van der Waals surface area contributed by atoms with Crippen molar-refractivity contribution in [3.8, 4) is 11.6 Å². The van der Waals surface area contributed by atoms with Crippen molar-refractivity contribution in [1.82, 2.24) is 9.78 Å². The third kappa shape index (κ3) is 7.37. The largest absolute Gasteiger partial charge is 0.491 e. The van der Waals surface area contributed by atoms with Gasteiger partial charge in [0.1, 0.15) is 30.7 Å². The third-order valence-electron chi connectivity index (χ3n) is 7.05. The molecule has 0 saturated carbocycles. The Labute approximate surface area is 254 Å². The summed E-state index contributed by atoms with van der Waals surface area (Å²) in [5.41, 5.74) is -0.180. The van der Waals surface area contributed by atoms with E-state index in [2.05, 4.69) is 5.10 Å². The van der Waals surface area contributed by atoms with Crippen molar-refractivity contribution in [2.45, 2.75) is 77.0 Å². The normalized spacial score (nSPS) is 22.3. The van der Waals surface area contributed by atoms with Crippen molar-refractivity contribution in [3.63, 3.8) is 0 Å². The Hall–Kier alpha value is -4.01. The number of carbonyl (C=O) groups is 2. The van der Waals surface area contributed by atoms with Gasteiger partial charge in [-0.1, -0.05) is 42.5 Å². The Balaban J connectivity index is 1.57. The molecule has 3 aromatic rings. The molecule has 238 valence electrons. The lowest BCUT2D eigenvalue weighted by Gasteiger charge is -2.42. The standard InChI is InChI=1S/C31H38N2O11/c1-5-40-29(37)31(39)17-42-25(24(34)26(31)35)28(36)44-27-23(15-20-11-13-22(14-12-20)43-18(2)3)19(4)33(32-27)30(38)41-16-21-9-7-6-8-10-21/h6-14,18,24-26,28,34-36,39H,5,15-17H2,1-4H3/t24-,25+,26+,28?,31+/m1/s1. The van der Waals surface area contributed by atoms with Gasteiger partial charge in [-0.2, -0.15) is 4.68 Å². The Kier molecular flexibility index (Phi) is 10.6. The summed E-state index contributed by atoms with van der Waals surface area (Å²) in [6, 6.07) is 16.4. The van der Waals surface area contributed by atoms with Gasteiger partial charge in [0, 0.05) is 12.0 Å². The Morgan fingerprint density at radius 2 is 1.73 bits per heavy atom. The van der Waals surface area contributed by atoms with E-state index in [-0.39, 0.29) is 31.6 Å². The number of rotatable bonds is 11. The number of carbonyl (C=O) groups excluding carboxylic acids is 2. The van der Waals surface area contributed by atoms with Gasteiger partial charge in [0.25, 0.3) is 0 Å². The average Bonchev–Trinajstić information content (AvgIpc) is 3.30. The van der Waals surface area contributed by atoms with E-state index in [9.17, 15) is 30.0 Å². The molecule has 4 rings (SSSR count). The van der Waals surface area contributed by atoms with Crippen molar-refractivity contribution in [3.05, 3.63) is 77.0 Å². The van der Waals surface area contributed by atoms with E-state index in [4.69, 9.17) is 23.7 Å². The number of ether oxygens (including phenoxy) is 5. The van der Waals surface area contributed by atoms with Gasteiger partial charge < -0.3 is 44.1 Å². The van der Waals surface area contributed by atoms with Crippen LogP contribution in [0.3, 0.4) is 0 Å². The zero-order valence-corrected chi connectivity index (χ0v) is 25.0. The second kappa shape index (κ2) is 14.2. The SMILES string of the molecule is CCOC(=O)[C@]1(O)CO[C@H](C(O)Oc2nn(C(=O)OCc3ccccc3)c(C)c2Cc2ccc(OC(C)C)cc2)[C@@H](O)[C@@H]1O. The first-order chi connectivity index (χ1) is 20.9. The molecule has 13 nitrogen and oxygen atoms in total. The predicted octanol–water partition coefficient (Wildman–Crippen LogP) is 1.87. The first kappa shape index (κ1) is 32.9. The van der Waals surface area contributed by atoms with E-state index in [0.29, 0.717) is 17.0 Å². The number of aromatic nitrogens is 2.